The van der Waals surface area contributed by atoms with E-state index in [1.54, 1.807) is 0 Å². The molecule has 0 bridgehead atoms. The van der Waals surface area contributed by atoms with E-state index in [-0.39, 0.29) is 12.1 Å². The molecular weight excluding hydrogens is 280 g/mol. The number of nitrogens with one attached hydrogen (secondary N) is 2. The molecule has 0 aliphatic rings. The van der Waals surface area contributed by atoms with Crippen LogP contribution in [0.5, 0.6) is 0 Å². The van der Waals surface area contributed by atoms with Crippen LogP contribution in [0, 0.1) is 0 Å². The van der Waals surface area contributed by atoms with Gasteiger partial charge in [-0.05, 0) is 31.5 Å². The third-order valence-corrected chi connectivity index (χ3v) is 3.19. The van der Waals surface area contributed by atoms with E-state index in [0.29, 0.717) is 0 Å². The molecule has 5 heteroatoms. The molecule has 1 heterocycles. The molecule has 4 nitrogen and oxygen atoms in total. The van der Waals surface area contributed by atoms with Crippen molar-refractivity contribution < 1.29 is 0 Å². The molecule has 0 amide bonds. The summed E-state index contributed by atoms with van der Waals surface area (Å²) < 4.78 is 1.09. The van der Waals surface area contributed by atoms with Crippen LogP contribution in [0.4, 0.5) is 0 Å². The minimum absolute atomic E-state index is 0.145. The lowest BCUT2D eigenvalue weighted by Gasteiger charge is -2.18. The van der Waals surface area contributed by atoms with Crippen LogP contribution >= 0.6 is 15.9 Å². The summed E-state index contributed by atoms with van der Waals surface area (Å²) in [4.78, 5) is 4.14. The van der Waals surface area contributed by atoms with Crippen molar-refractivity contribution in [1.82, 2.24) is 20.5 Å². The zero-order valence-corrected chi connectivity index (χ0v) is 11.4. The Labute approximate surface area is 109 Å². The Morgan fingerprint density at radius 3 is 2.76 bits per heavy atom. The number of aromatic nitrogens is 3. The second kappa shape index (κ2) is 5.42. The minimum atomic E-state index is 0.145. The lowest BCUT2D eigenvalue weighted by molar-refractivity contribution is 0.477. The molecule has 0 radical (unpaired) electrons. The SMILES string of the molecule is CC(NC(C)c1ncn[nH]1)c1cccc(Br)c1. The maximum absolute atomic E-state index is 4.14. The zero-order chi connectivity index (χ0) is 12.3. The summed E-state index contributed by atoms with van der Waals surface area (Å²) >= 11 is 3.48. The second-order valence-corrected chi connectivity index (χ2v) is 4.95. The Morgan fingerprint density at radius 1 is 1.29 bits per heavy atom. The Balaban J connectivity index is 2.04. The predicted molar refractivity (Wildman–Crippen MR) is 70.5 cm³/mol. The van der Waals surface area contributed by atoms with Crippen molar-refractivity contribution in [2.24, 2.45) is 0 Å². The van der Waals surface area contributed by atoms with Gasteiger partial charge in [0.2, 0.25) is 0 Å². The zero-order valence-electron chi connectivity index (χ0n) is 9.81. The molecular formula is C12H15BrN4. The largest absolute Gasteiger partial charge is 0.301 e. The quantitative estimate of drug-likeness (QED) is 0.911. The van der Waals surface area contributed by atoms with E-state index in [2.05, 4.69) is 62.4 Å². The molecule has 0 spiro atoms. The first-order valence-corrected chi connectivity index (χ1v) is 6.33. The Bertz CT molecular complexity index is 469. The topological polar surface area (TPSA) is 53.6 Å². The van der Waals surface area contributed by atoms with Crippen LogP contribution in [-0.4, -0.2) is 15.2 Å². The van der Waals surface area contributed by atoms with E-state index in [1.165, 1.54) is 11.9 Å². The maximum atomic E-state index is 4.14. The van der Waals surface area contributed by atoms with Gasteiger partial charge in [0.25, 0.3) is 0 Å². The van der Waals surface area contributed by atoms with Crippen molar-refractivity contribution in [1.29, 1.82) is 0 Å². The van der Waals surface area contributed by atoms with Crippen molar-refractivity contribution >= 4 is 15.9 Å². The van der Waals surface area contributed by atoms with E-state index in [4.69, 9.17) is 0 Å². The molecule has 2 atom stereocenters. The molecule has 0 fully saturated rings. The average Bonchev–Trinajstić information content (AvgIpc) is 2.82. The summed E-state index contributed by atoms with van der Waals surface area (Å²) in [5.74, 6) is 0.854. The van der Waals surface area contributed by atoms with E-state index in [9.17, 15) is 0 Å². The average molecular weight is 295 g/mol. The van der Waals surface area contributed by atoms with Crippen LogP contribution in [0.1, 0.15) is 37.3 Å². The fourth-order valence-electron chi connectivity index (χ4n) is 1.75. The van der Waals surface area contributed by atoms with E-state index < -0.39 is 0 Å². The first-order valence-electron chi connectivity index (χ1n) is 5.53. The van der Waals surface area contributed by atoms with Crippen molar-refractivity contribution in [2.75, 3.05) is 0 Å². The van der Waals surface area contributed by atoms with Gasteiger partial charge in [0, 0.05) is 10.5 Å². The summed E-state index contributed by atoms with van der Waals surface area (Å²) in [6.07, 6.45) is 1.53. The number of halogens is 1. The van der Waals surface area contributed by atoms with Crippen LogP contribution in [0.3, 0.4) is 0 Å². The Kier molecular flexibility index (Phi) is 3.91. The number of H-pyrrole nitrogens is 1. The highest BCUT2D eigenvalue weighted by atomic mass is 79.9. The number of hydrogen-bond donors (Lipinski definition) is 2. The van der Waals surface area contributed by atoms with Crippen LogP contribution in [0.15, 0.2) is 35.1 Å². The van der Waals surface area contributed by atoms with E-state index in [0.717, 1.165) is 10.3 Å². The molecule has 2 aromatic rings. The fourth-order valence-corrected chi connectivity index (χ4v) is 2.17. The molecule has 90 valence electrons. The molecule has 2 N–H and O–H groups in total. The third kappa shape index (κ3) is 3.14. The first-order chi connectivity index (χ1) is 8.16. The lowest BCUT2D eigenvalue weighted by atomic mass is 10.1. The van der Waals surface area contributed by atoms with Gasteiger partial charge in [-0.3, -0.25) is 5.10 Å². The molecule has 0 saturated heterocycles. The van der Waals surface area contributed by atoms with Crippen molar-refractivity contribution in [3.8, 4) is 0 Å². The summed E-state index contributed by atoms with van der Waals surface area (Å²) in [7, 11) is 0. The normalized spacial score (nSPS) is 14.5. The van der Waals surface area contributed by atoms with Crippen molar-refractivity contribution in [3.05, 3.63) is 46.5 Å². The highest BCUT2D eigenvalue weighted by molar-refractivity contribution is 9.10. The molecule has 2 unspecified atom stereocenters. The van der Waals surface area contributed by atoms with E-state index in [1.807, 2.05) is 12.1 Å². The van der Waals surface area contributed by atoms with Gasteiger partial charge < -0.3 is 5.32 Å². The van der Waals surface area contributed by atoms with Gasteiger partial charge in [-0.1, -0.05) is 28.1 Å². The van der Waals surface area contributed by atoms with Crippen LogP contribution in [0.2, 0.25) is 0 Å². The number of rotatable bonds is 4. The van der Waals surface area contributed by atoms with Gasteiger partial charge >= 0.3 is 0 Å². The second-order valence-electron chi connectivity index (χ2n) is 4.04. The van der Waals surface area contributed by atoms with Crippen molar-refractivity contribution in [3.63, 3.8) is 0 Å². The number of benzene rings is 1. The van der Waals surface area contributed by atoms with Crippen LogP contribution in [0.25, 0.3) is 0 Å². The smallest absolute Gasteiger partial charge is 0.141 e. The molecule has 1 aromatic heterocycles. The van der Waals surface area contributed by atoms with Gasteiger partial charge in [0.15, 0.2) is 0 Å². The van der Waals surface area contributed by atoms with Crippen LogP contribution in [-0.2, 0) is 0 Å². The summed E-state index contributed by atoms with van der Waals surface area (Å²) in [6.45, 7) is 4.20. The van der Waals surface area contributed by atoms with Crippen LogP contribution < -0.4 is 5.32 Å². The Hall–Kier alpha value is -1.20. The maximum Gasteiger partial charge on any atom is 0.141 e. The fraction of sp³-hybridized carbons (Fsp3) is 0.333. The van der Waals surface area contributed by atoms with Gasteiger partial charge in [0.05, 0.1) is 6.04 Å². The predicted octanol–water partition coefficient (Wildman–Crippen LogP) is 2.98. The van der Waals surface area contributed by atoms with E-state index >= 15 is 0 Å². The highest BCUT2D eigenvalue weighted by Crippen LogP contribution is 2.20. The molecule has 17 heavy (non-hydrogen) atoms. The summed E-state index contributed by atoms with van der Waals surface area (Å²) in [5.41, 5.74) is 1.24. The summed E-state index contributed by atoms with van der Waals surface area (Å²) in [6, 6.07) is 8.69. The molecule has 1 aromatic carbocycles. The molecule has 0 aliphatic carbocycles. The van der Waals surface area contributed by atoms with Gasteiger partial charge in [-0.25, -0.2) is 4.98 Å². The monoisotopic (exact) mass is 294 g/mol. The van der Waals surface area contributed by atoms with Gasteiger partial charge in [0.1, 0.15) is 12.2 Å². The molecule has 0 saturated carbocycles. The highest BCUT2D eigenvalue weighted by Gasteiger charge is 2.13. The van der Waals surface area contributed by atoms with Crippen molar-refractivity contribution in [2.45, 2.75) is 25.9 Å². The number of aromatic amines is 1. The number of nitrogens with zero attached hydrogens (tertiary/aromatic N) is 2. The standard InChI is InChI=1S/C12H15BrN4/c1-8(10-4-3-5-11(13)6-10)16-9(2)12-14-7-15-17-12/h3-9,16H,1-2H3,(H,14,15,17). The summed E-state index contributed by atoms with van der Waals surface area (Å²) in [5, 5.41) is 10.2. The molecule has 2 rings (SSSR count). The minimum Gasteiger partial charge on any atom is -0.301 e. The van der Waals surface area contributed by atoms with Gasteiger partial charge in [-0.2, -0.15) is 5.10 Å². The third-order valence-electron chi connectivity index (χ3n) is 2.69. The number of hydrogen-bond acceptors (Lipinski definition) is 3. The Morgan fingerprint density at radius 2 is 2.12 bits per heavy atom. The first kappa shape index (κ1) is 12.3. The molecule has 0 aliphatic heterocycles. The van der Waals surface area contributed by atoms with Gasteiger partial charge in [-0.15, -0.1) is 0 Å². The lowest BCUT2D eigenvalue weighted by Crippen LogP contribution is -2.23.